The molecule has 0 radical (unpaired) electrons. The van der Waals surface area contributed by atoms with Crippen molar-refractivity contribution in [2.45, 2.75) is 45.8 Å². The molecule has 23 heavy (non-hydrogen) atoms. The molecule has 0 fully saturated rings. The Morgan fingerprint density at radius 2 is 2.13 bits per heavy atom. The highest BCUT2D eigenvalue weighted by Gasteiger charge is 2.30. The van der Waals surface area contributed by atoms with Crippen LogP contribution in [0, 0.1) is 0 Å². The number of anilines is 1. The molecule has 0 saturated carbocycles. The van der Waals surface area contributed by atoms with E-state index in [9.17, 15) is 4.79 Å². The van der Waals surface area contributed by atoms with Crippen LogP contribution in [0.25, 0.3) is 0 Å². The van der Waals surface area contributed by atoms with Gasteiger partial charge in [0.25, 0.3) is 0 Å². The quantitative estimate of drug-likeness (QED) is 0.818. The van der Waals surface area contributed by atoms with Crippen molar-refractivity contribution in [3.05, 3.63) is 29.3 Å². The van der Waals surface area contributed by atoms with Crippen molar-refractivity contribution in [2.24, 2.45) is 0 Å². The van der Waals surface area contributed by atoms with Gasteiger partial charge in [-0.2, -0.15) is 0 Å². The van der Waals surface area contributed by atoms with E-state index in [4.69, 9.17) is 9.47 Å². The molecule has 5 nitrogen and oxygen atoms in total. The molecule has 0 atom stereocenters. The van der Waals surface area contributed by atoms with Crippen LogP contribution in [0.15, 0.2) is 18.2 Å². The minimum absolute atomic E-state index is 0.261. The lowest BCUT2D eigenvalue weighted by Crippen LogP contribution is -2.36. The maximum atomic E-state index is 12.5. The molecule has 0 spiro atoms. The molecule has 1 aromatic carbocycles. The summed E-state index contributed by atoms with van der Waals surface area (Å²) in [6.45, 7) is 8.76. The molecule has 5 heteroatoms. The Morgan fingerprint density at radius 1 is 1.35 bits per heavy atom. The summed E-state index contributed by atoms with van der Waals surface area (Å²) >= 11 is 0. The number of rotatable bonds is 6. The van der Waals surface area contributed by atoms with E-state index in [-0.39, 0.29) is 6.09 Å². The predicted octanol–water partition coefficient (Wildman–Crippen LogP) is 3.11. The zero-order chi connectivity index (χ0) is 16.9. The molecule has 0 aliphatic carbocycles. The second kappa shape index (κ2) is 7.79. The molecule has 1 aliphatic rings. The largest absolute Gasteiger partial charge is 0.443 e. The summed E-state index contributed by atoms with van der Waals surface area (Å²) < 4.78 is 10.6. The average molecular weight is 320 g/mol. The van der Waals surface area contributed by atoms with E-state index in [0.717, 1.165) is 43.8 Å². The molecule has 1 aliphatic heterocycles. The van der Waals surface area contributed by atoms with Gasteiger partial charge in [0, 0.05) is 26.8 Å². The normalized spacial score (nSPS) is 14.0. The van der Waals surface area contributed by atoms with Gasteiger partial charge in [-0.15, -0.1) is 0 Å². The molecular formula is C18H28N2O3. The Hall–Kier alpha value is -1.59. The summed E-state index contributed by atoms with van der Waals surface area (Å²) in [5.74, 6) is 0. The Labute approximate surface area is 139 Å². The minimum atomic E-state index is -0.479. The molecule has 2 rings (SSSR count). The highest BCUT2D eigenvalue weighted by molar-refractivity contribution is 5.91. The van der Waals surface area contributed by atoms with E-state index in [1.165, 1.54) is 5.56 Å². The van der Waals surface area contributed by atoms with Gasteiger partial charge in [0.15, 0.2) is 0 Å². The highest BCUT2D eigenvalue weighted by Crippen LogP contribution is 2.33. The lowest BCUT2D eigenvalue weighted by molar-refractivity contribution is 0.0583. The van der Waals surface area contributed by atoms with E-state index in [2.05, 4.69) is 23.5 Å². The number of benzene rings is 1. The first-order valence-electron chi connectivity index (χ1n) is 8.23. The van der Waals surface area contributed by atoms with E-state index in [1.807, 2.05) is 20.8 Å². The number of nitrogens with zero attached hydrogens (tertiary/aromatic N) is 1. The summed E-state index contributed by atoms with van der Waals surface area (Å²) in [5, 5.41) is 3.42. The molecule has 128 valence electrons. The van der Waals surface area contributed by atoms with E-state index in [1.54, 1.807) is 12.0 Å². The van der Waals surface area contributed by atoms with Crippen LogP contribution in [0.4, 0.5) is 10.5 Å². The number of ether oxygens (including phenoxy) is 2. The predicted molar refractivity (Wildman–Crippen MR) is 91.9 cm³/mol. The van der Waals surface area contributed by atoms with Crippen molar-refractivity contribution in [1.82, 2.24) is 5.32 Å². The van der Waals surface area contributed by atoms with Gasteiger partial charge >= 0.3 is 6.09 Å². The third kappa shape index (κ3) is 4.94. The summed E-state index contributed by atoms with van der Waals surface area (Å²) in [6.07, 6.45) is 1.59. The molecule has 0 bridgehead atoms. The zero-order valence-corrected chi connectivity index (χ0v) is 14.6. The fourth-order valence-corrected chi connectivity index (χ4v) is 2.74. The van der Waals surface area contributed by atoms with Gasteiger partial charge in [0.2, 0.25) is 0 Å². The zero-order valence-electron chi connectivity index (χ0n) is 14.6. The fraction of sp³-hybridized carbons (Fsp3) is 0.611. The standard InChI is InChI=1S/C18H28N2O3/c1-18(2,3)23-17(21)20-11-9-14-7-5-8-15(16(14)20)13-19-10-6-12-22-4/h5,7-8,19H,6,9-13H2,1-4H3. The van der Waals surface area contributed by atoms with E-state index in [0.29, 0.717) is 6.54 Å². The monoisotopic (exact) mass is 320 g/mol. The van der Waals surface area contributed by atoms with Crippen LogP contribution in [-0.4, -0.2) is 38.5 Å². The number of para-hydroxylation sites is 1. The number of amides is 1. The number of hydrogen-bond donors (Lipinski definition) is 1. The molecule has 0 aromatic heterocycles. The van der Waals surface area contributed by atoms with Crippen molar-refractivity contribution in [1.29, 1.82) is 0 Å². The Morgan fingerprint density at radius 3 is 2.83 bits per heavy atom. The number of nitrogens with one attached hydrogen (secondary N) is 1. The second-order valence-electron chi connectivity index (χ2n) is 6.83. The highest BCUT2D eigenvalue weighted by atomic mass is 16.6. The van der Waals surface area contributed by atoms with Gasteiger partial charge in [-0.25, -0.2) is 4.79 Å². The summed E-state index contributed by atoms with van der Waals surface area (Å²) in [5.41, 5.74) is 2.89. The van der Waals surface area contributed by atoms with Gasteiger partial charge in [-0.3, -0.25) is 4.90 Å². The third-order valence-corrected chi connectivity index (χ3v) is 3.71. The second-order valence-corrected chi connectivity index (χ2v) is 6.83. The average Bonchev–Trinajstić information content (AvgIpc) is 2.90. The van der Waals surface area contributed by atoms with Crippen molar-refractivity contribution in [3.8, 4) is 0 Å². The van der Waals surface area contributed by atoms with Crippen LogP contribution >= 0.6 is 0 Å². The van der Waals surface area contributed by atoms with Crippen LogP contribution in [-0.2, 0) is 22.4 Å². The van der Waals surface area contributed by atoms with Crippen molar-refractivity contribution < 1.29 is 14.3 Å². The summed E-state index contributed by atoms with van der Waals surface area (Å²) in [4.78, 5) is 14.2. The first kappa shape index (κ1) is 17.8. The van der Waals surface area contributed by atoms with E-state index >= 15 is 0 Å². The molecule has 0 unspecified atom stereocenters. The van der Waals surface area contributed by atoms with Crippen molar-refractivity contribution in [3.63, 3.8) is 0 Å². The number of methoxy groups -OCH3 is 1. The maximum Gasteiger partial charge on any atom is 0.414 e. The number of carbonyl (C=O) groups is 1. The minimum Gasteiger partial charge on any atom is -0.443 e. The fourth-order valence-electron chi connectivity index (χ4n) is 2.74. The molecular weight excluding hydrogens is 292 g/mol. The third-order valence-electron chi connectivity index (χ3n) is 3.71. The number of carbonyl (C=O) groups excluding carboxylic acids is 1. The first-order valence-corrected chi connectivity index (χ1v) is 8.23. The van der Waals surface area contributed by atoms with Crippen LogP contribution in [0.1, 0.15) is 38.3 Å². The molecule has 0 saturated heterocycles. The van der Waals surface area contributed by atoms with Crippen LogP contribution in [0.5, 0.6) is 0 Å². The van der Waals surface area contributed by atoms with Crippen LogP contribution in [0.2, 0.25) is 0 Å². The Balaban J connectivity index is 2.06. The summed E-state index contributed by atoms with van der Waals surface area (Å²) in [7, 11) is 1.71. The Kier molecular flexibility index (Phi) is 6.02. The maximum absolute atomic E-state index is 12.5. The Bertz CT molecular complexity index is 538. The lowest BCUT2D eigenvalue weighted by Gasteiger charge is -2.26. The number of fused-ring (bicyclic) bond motifs is 1. The lowest BCUT2D eigenvalue weighted by atomic mass is 10.1. The molecule has 1 N–H and O–H groups in total. The topological polar surface area (TPSA) is 50.8 Å². The van der Waals surface area contributed by atoms with Gasteiger partial charge in [0.1, 0.15) is 5.60 Å². The van der Waals surface area contributed by atoms with Crippen molar-refractivity contribution in [2.75, 3.05) is 31.7 Å². The van der Waals surface area contributed by atoms with Gasteiger partial charge in [0.05, 0.1) is 5.69 Å². The molecule has 1 aromatic rings. The SMILES string of the molecule is COCCCNCc1cccc2c1N(C(=O)OC(C)(C)C)CC2. The molecule has 1 heterocycles. The summed E-state index contributed by atoms with van der Waals surface area (Å²) in [6, 6.07) is 6.22. The molecule has 1 amide bonds. The first-order chi connectivity index (χ1) is 10.9. The van der Waals surface area contributed by atoms with Gasteiger partial charge in [-0.05, 0) is 51.3 Å². The number of hydrogen-bond acceptors (Lipinski definition) is 4. The van der Waals surface area contributed by atoms with Gasteiger partial charge in [-0.1, -0.05) is 18.2 Å². The van der Waals surface area contributed by atoms with E-state index < -0.39 is 5.60 Å². The van der Waals surface area contributed by atoms with Crippen molar-refractivity contribution >= 4 is 11.8 Å². The smallest absolute Gasteiger partial charge is 0.414 e. The van der Waals surface area contributed by atoms with Crippen LogP contribution in [0.3, 0.4) is 0 Å². The van der Waals surface area contributed by atoms with Crippen LogP contribution < -0.4 is 10.2 Å². The van der Waals surface area contributed by atoms with Gasteiger partial charge < -0.3 is 14.8 Å².